The number of anilines is 3. The number of nitrogens with zero attached hydrogens (tertiary/aromatic N) is 5. The number of hydrogen-bond donors (Lipinski definition) is 7. The Balaban J connectivity index is 1.60. The lowest BCUT2D eigenvalue weighted by Crippen LogP contribution is -2.41. The van der Waals surface area contributed by atoms with Gasteiger partial charge < -0.3 is 41.9 Å². The number of hydrogen-bond acceptors (Lipinski definition) is 12. The zero-order valence-electron chi connectivity index (χ0n) is 23.0. The number of rotatable bonds is 15. The summed E-state index contributed by atoms with van der Waals surface area (Å²) in [6.45, 7) is 0.305. The molecule has 0 saturated carbocycles. The van der Waals surface area contributed by atoms with E-state index >= 15 is 0 Å². The van der Waals surface area contributed by atoms with Crippen LogP contribution >= 0.6 is 7.37 Å². The Hall–Kier alpha value is -4.89. The topological polar surface area (TPSA) is 285 Å². The van der Waals surface area contributed by atoms with Crippen molar-refractivity contribution in [2.24, 2.45) is 5.92 Å². The van der Waals surface area contributed by atoms with Gasteiger partial charge in [0.2, 0.25) is 13.3 Å². The van der Waals surface area contributed by atoms with Crippen LogP contribution in [0.3, 0.4) is 0 Å². The number of amides is 1. The van der Waals surface area contributed by atoms with Crippen LogP contribution in [0.4, 0.5) is 17.5 Å². The second-order valence-electron chi connectivity index (χ2n) is 9.78. The highest BCUT2D eigenvalue weighted by atomic mass is 31.2. The summed E-state index contributed by atoms with van der Waals surface area (Å²) in [6.07, 6.45) is -1.09. The minimum absolute atomic E-state index is 0.0183. The van der Waals surface area contributed by atoms with Crippen molar-refractivity contribution >= 4 is 59.8 Å². The van der Waals surface area contributed by atoms with Gasteiger partial charge in [-0.25, -0.2) is 14.8 Å². The first-order chi connectivity index (χ1) is 20.1. The van der Waals surface area contributed by atoms with Gasteiger partial charge in [-0.15, -0.1) is 0 Å². The van der Waals surface area contributed by atoms with Crippen molar-refractivity contribution in [2.75, 3.05) is 35.7 Å². The maximum absolute atomic E-state index is 12.7. The van der Waals surface area contributed by atoms with E-state index in [2.05, 4.69) is 25.3 Å². The molecular weight excluding hydrogens is 587 g/mol. The summed E-state index contributed by atoms with van der Waals surface area (Å²) in [6, 6.07) is 4.66. The Morgan fingerprint density at radius 3 is 2.28 bits per heavy atom. The van der Waals surface area contributed by atoms with Crippen LogP contribution in [-0.2, 0) is 25.5 Å². The molecule has 0 aliphatic rings. The summed E-state index contributed by atoms with van der Waals surface area (Å²) in [5, 5.41) is 29.9. The minimum atomic E-state index is -4.16. The molecule has 3 aromatic rings. The first-order valence-electron chi connectivity index (χ1n) is 12.8. The molecule has 1 aromatic carbocycles. The average molecular weight is 619 g/mol. The highest BCUT2D eigenvalue weighted by Crippen LogP contribution is 2.44. The molecule has 0 spiro atoms. The van der Waals surface area contributed by atoms with Crippen LogP contribution in [0.25, 0.3) is 11.2 Å². The van der Waals surface area contributed by atoms with E-state index in [1.807, 2.05) is 4.90 Å². The molecule has 0 aliphatic carbocycles. The number of nitrogens with two attached hydrogens (primary N) is 2. The predicted octanol–water partition coefficient (Wildman–Crippen LogP) is 0.630. The van der Waals surface area contributed by atoms with Crippen molar-refractivity contribution in [3.8, 4) is 0 Å². The predicted molar refractivity (Wildman–Crippen MR) is 154 cm³/mol. The van der Waals surface area contributed by atoms with Gasteiger partial charge in [0.25, 0.3) is 5.91 Å². The largest absolute Gasteiger partial charge is 0.481 e. The van der Waals surface area contributed by atoms with Gasteiger partial charge in [0.05, 0.1) is 24.4 Å². The van der Waals surface area contributed by atoms with Crippen LogP contribution < -0.4 is 21.7 Å². The van der Waals surface area contributed by atoms with E-state index in [0.717, 1.165) is 0 Å². The first-order valence-corrected chi connectivity index (χ1v) is 14.8. The van der Waals surface area contributed by atoms with Gasteiger partial charge in [-0.3, -0.25) is 18.9 Å². The van der Waals surface area contributed by atoms with Gasteiger partial charge >= 0.3 is 17.9 Å². The third kappa shape index (κ3) is 9.31. The van der Waals surface area contributed by atoms with Gasteiger partial charge in [0.1, 0.15) is 6.04 Å². The summed E-state index contributed by atoms with van der Waals surface area (Å²) < 4.78 is 12.6. The Morgan fingerprint density at radius 2 is 1.67 bits per heavy atom. The maximum Gasteiger partial charge on any atom is 0.326 e. The fraction of sp³-hybridized carbons (Fsp3) is 0.360. The molecule has 0 radical (unpaired) electrons. The Morgan fingerprint density at radius 1 is 1.00 bits per heavy atom. The Kier molecular flexibility index (Phi) is 10.5. The van der Waals surface area contributed by atoms with Crippen LogP contribution in [0.5, 0.6) is 0 Å². The first kappa shape index (κ1) is 32.6. The molecule has 0 fully saturated rings. The van der Waals surface area contributed by atoms with Crippen molar-refractivity contribution < 1.29 is 44.0 Å². The van der Waals surface area contributed by atoms with Crippen LogP contribution in [0.15, 0.2) is 30.5 Å². The van der Waals surface area contributed by atoms with E-state index in [-0.39, 0.29) is 29.4 Å². The molecule has 3 rings (SSSR count). The zero-order valence-corrected chi connectivity index (χ0v) is 23.8. The van der Waals surface area contributed by atoms with Crippen molar-refractivity contribution in [1.29, 1.82) is 0 Å². The van der Waals surface area contributed by atoms with Gasteiger partial charge in [0, 0.05) is 37.0 Å². The number of carboxylic acid groups (broad SMARTS) is 3. The quantitative estimate of drug-likeness (QED) is 0.115. The van der Waals surface area contributed by atoms with Gasteiger partial charge in [0.15, 0.2) is 17.0 Å². The smallest absolute Gasteiger partial charge is 0.326 e. The molecule has 0 aliphatic heterocycles. The molecule has 1 unspecified atom stereocenters. The summed E-state index contributed by atoms with van der Waals surface area (Å²) in [5.41, 5.74) is 13.4. The highest BCUT2D eigenvalue weighted by Gasteiger charge is 2.31. The van der Waals surface area contributed by atoms with Crippen LogP contribution in [0.1, 0.15) is 35.3 Å². The molecule has 1 amide bonds. The van der Waals surface area contributed by atoms with Crippen LogP contribution in [0, 0.1) is 5.92 Å². The summed E-state index contributed by atoms with van der Waals surface area (Å²) >= 11 is 0. The number of nitrogens with one attached hydrogen (secondary N) is 1. The lowest BCUT2D eigenvalue weighted by atomic mass is 10.1. The number of nitrogen functional groups attached to an aromatic ring is 2. The fourth-order valence-corrected chi connectivity index (χ4v) is 5.99. The minimum Gasteiger partial charge on any atom is -0.481 e. The maximum atomic E-state index is 12.7. The summed E-state index contributed by atoms with van der Waals surface area (Å²) in [5.74, 6) is -6.18. The second-order valence-corrected chi connectivity index (χ2v) is 12.3. The Bertz CT molecular complexity index is 1570. The number of fused-ring (bicyclic) bond motifs is 1. The molecule has 2 aromatic heterocycles. The van der Waals surface area contributed by atoms with E-state index < -0.39 is 68.3 Å². The summed E-state index contributed by atoms with van der Waals surface area (Å²) in [4.78, 5) is 75.2. The van der Waals surface area contributed by atoms with Gasteiger partial charge in [-0.05, 0) is 37.1 Å². The van der Waals surface area contributed by atoms with Crippen molar-refractivity contribution in [1.82, 2.24) is 25.3 Å². The molecule has 2 heterocycles. The third-order valence-corrected chi connectivity index (χ3v) is 8.37. The van der Waals surface area contributed by atoms with Crippen molar-refractivity contribution in [3.63, 3.8) is 0 Å². The number of carboxylic acids is 3. The molecule has 9 N–H and O–H groups in total. The third-order valence-electron chi connectivity index (χ3n) is 6.40. The van der Waals surface area contributed by atoms with E-state index in [0.29, 0.717) is 23.4 Å². The standard InChI is InChI=1S/C25H31N8O9P/c1-33(11-15-10-28-21-19(29-15)20(26)31-25(27)32-21)16-5-2-13(3-6-16)22(36)30-17(24(39)40)8-9-43(41,42)12-14(23(37)38)4-7-18(34)35/h2-3,5-6,10,14,17H,4,7-9,11-12H2,1H3,(H,30,36)(H,34,35)(H,37,38)(H,39,40)(H,41,42)(H4,26,27,28,31,32)/t14-,17-/m0/s1. The summed E-state index contributed by atoms with van der Waals surface area (Å²) in [7, 11) is -2.39. The lowest BCUT2D eigenvalue weighted by molar-refractivity contribution is -0.142. The number of carbonyl (C=O) groups is 4. The van der Waals surface area contributed by atoms with E-state index in [1.165, 1.54) is 18.3 Å². The molecular formula is C25H31N8O9P. The Labute approximate surface area is 244 Å². The number of benzene rings is 1. The normalized spacial score (nSPS) is 13.9. The molecule has 18 heteroatoms. The SMILES string of the molecule is CN(Cc1cnc2nc(N)nc(N)c2n1)c1ccc(C(=O)N[C@@H](CCP(=O)(O)C[C@H](CCC(=O)O)C(=O)O)C(=O)O)cc1. The second kappa shape index (κ2) is 13.8. The fourth-order valence-electron chi connectivity index (χ4n) is 4.12. The van der Waals surface area contributed by atoms with E-state index in [9.17, 15) is 38.8 Å². The molecule has 0 bridgehead atoms. The molecule has 3 atom stereocenters. The van der Waals surface area contributed by atoms with Gasteiger partial charge in [-0.2, -0.15) is 9.97 Å². The van der Waals surface area contributed by atoms with E-state index in [1.54, 1.807) is 19.2 Å². The van der Waals surface area contributed by atoms with Crippen LogP contribution in [-0.4, -0.2) is 89.4 Å². The molecule has 17 nitrogen and oxygen atoms in total. The zero-order chi connectivity index (χ0) is 31.9. The van der Waals surface area contributed by atoms with Crippen molar-refractivity contribution in [2.45, 2.75) is 31.8 Å². The number of aromatic nitrogens is 4. The van der Waals surface area contributed by atoms with Crippen molar-refractivity contribution in [3.05, 3.63) is 41.7 Å². The molecule has 0 saturated heterocycles. The number of carbonyl (C=O) groups excluding carboxylic acids is 1. The molecule has 230 valence electrons. The van der Waals surface area contributed by atoms with Crippen LogP contribution in [0.2, 0.25) is 0 Å². The number of aliphatic carboxylic acids is 3. The lowest BCUT2D eigenvalue weighted by Gasteiger charge is -2.20. The highest BCUT2D eigenvalue weighted by molar-refractivity contribution is 7.58. The monoisotopic (exact) mass is 618 g/mol. The van der Waals surface area contributed by atoms with Gasteiger partial charge in [-0.1, -0.05) is 0 Å². The molecule has 43 heavy (non-hydrogen) atoms. The average Bonchev–Trinajstić information content (AvgIpc) is 2.93. The van der Waals surface area contributed by atoms with E-state index in [4.69, 9.17) is 16.6 Å².